The molecule has 1 aromatic heterocycles. The van der Waals surface area contributed by atoms with Crippen LogP contribution in [0.25, 0.3) is 11.0 Å². The summed E-state index contributed by atoms with van der Waals surface area (Å²) < 4.78 is 7.70. The molecule has 1 N–H and O–H groups in total. The second-order valence-electron chi connectivity index (χ2n) is 6.01. The number of ether oxygens (including phenoxy) is 1. The van der Waals surface area contributed by atoms with Gasteiger partial charge in [0.1, 0.15) is 11.6 Å². The van der Waals surface area contributed by atoms with Gasteiger partial charge in [-0.1, -0.05) is 13.8 Å². The molecule has 1 saturated carbocycles. The third-order valence-electron chi connectivity index (χ3n) is 3.72. The lowest BCUT2D eigenvalue weighted by Gasteiger charge is -2.10. The SMILES string of the molecule is COc1ccc2c(c1)nc(CNCC(C)C)n2C1CC1. The van der Waals surface area contributed by atoms with Crippen molar-refractivity contribution in [1.29, 1.82) is 0 Å². The van der Waals surface area contributed by atoms with Crippen molar-refractivity contribution in [2.45, 2.75) is 39.3 Å². The minimum atomic E-state index is 0.643. The molecular formula is C16H23N3O. The first-order chi connectivity index (χ1) is 9.69. The summed E-state index contributed by atoms with van der Waals surface area (Å²) in [7, 11) is 1.70. The second-order valence-corrected chi connectivity index (χ2v) is 6.01. The minimum Gasteiger partial charge on any atom is -0.497 e. The van der Waals surface area contributed by atoms with Gasteiger partial charge in [-0.3, -0.25) is 0 Å². The summed E-state index contributed by atoms with van der Waals surface area (Å²) in [5.41, 5.74) is 2.27. The number of fused-ring (bicyclic) bond motifs is 1. The van der Waals surface area contributed by atoms with E-state index in [1.54, 1.807) is 7.11 Å². The Balaban J connectivity index is 1.91. The average Bonchev–Trinajstić information content (AvgIpc) is 3.19. The summed E-state index contributed by atoms with van der Waals surface area (Å²) in [6.45, 7) is 6.31. The topological polar surface area (TPSA) is 39.1 Å². The molecule has 0 spiro atoms. The molecule has 3 rings (SSSR count). The predicted molar refractivity (Wildman–Crippen MR) is 81.1 cm³/mol. The van der Waals surface area contributed by atoms with Crippen LogP contribution in [-0.2, 0) is 6.54 Å². The molecule has 1 fully saturated rings. The highest BCUT2D eigenvalue weighted by molar-refractivity contribution is 5.78. The van der Waals surface area contributed by atoms with Crippen LogP contribution in [0.15, 0.2) is 18.2 Å². The number of nitrogens with one attached hydrogen (secondary N) is 1. The Morgan fingerprint density at radius 1 is 1.40 bits per heavy atom. The summed E-state index contributed by atoms with van der Waals surface area (Å²) in [6, 6.07) is 6.82. The van der Waals surface area contributed by atoms with Crippen LogP contribution in [0.2, 0.25) is 0 Å². The molecule has 0 amide bonds. The third kappa shape index (κ3) is 2.66. The van der Waals surface area contributed by atoms with Crippen LogP contribution >= 0.6 is 0 Å². The fourth-order valence-corrected chi connectivity index (χ4v) is 2.59. The Hall–Kier alpha value is -1.55. The van der Waals surface area contributed by atoms with Crippen LogP contribution in [-0.4, -0.2) is 23.2 Å². The molecule has 108 valence electrons. The van der Waals surface area contributed by atoms with Crippen LogP contribution in [0.3, 0.4) is 0 Å². The number of hydrogen-bond acceptors (Lipinski definition) is 3. The molecular weight excluding hydrogens is 250 g/mol. The number of methoxy groups -OCH3 is 1. The molecule has 1 aliphatic carbocycles. The van der Waals surface area contributed by atoms with E-state index >= 15 is 0 Å². The van der Waals surface area contributed by atoms with Crippen molar-refractivity contribution in [3.63, 3.8) is 0 Å². The highest BCUT2D eigenvalue weighted by atomic mass is 16.5. The van der Waals surface area contributed by atoms with Crippen molar-refractivity contribution in [1.82, 2.24) is 14.9 Å². The number of rotatable bonds is 6. The zero-order chi connectivity index (χ0) is 14.1. The summed E-state index contributed by atoms with van der Waals surface area (Å²) in [5, 5.41) is 3.50. The van der Waals surface area contributed by atoms with Gasteiger partial charge in [-0.15, -0.1) is 0 Å². The van der Waals surface area contributed by atoms with E-state index in [-0.39, 0.29) is 0 Å². The molecule has 0 aliphatic heterocycles. The Bertz CT molecular complexity index is 599. The van der Waals surface area contributed by atoms with Crippen molar-refractivity contribution < 1.29 is 4.74 Å². The van der Waals surface area contributed by atoms with E-state index in [4.69, 9.17) is 9.72 Å². The molecule has 0 radical (unpaired) electrons. The van der Waals surface area contributed by atoms with Crippen LogP contribution in [0, 0.1) is 5.92 Å². The van der Waals surface area contributed by atoms with Crippen LogP contribution in [0.5, 0.6) is 5.75 Å². The molecule has 0 bridgehead atoms. The molecule has 0 unspecified atom stereocenters. The molecule has 2 aromatic rings. The predicted octanol–water partition coefficient (Wildman–Crippen LogP) is 3.13. The van der Waals surface area contributed by atoms with Crippen molar-refractivity contribution in [2.24, 2.45) is 5.92 Å². The van der Waals surface area contributed by atoms with E-state index < -0.39 is 0 Å². The molecule has 20 heavy (non-hydrogen) atoms. The van der Waals surface area contributed by atoms with E-state index in [0.717, 1.165) is 30.2 Å². The molecule has 4 nitrogen and oxygen atoms in total. The van der Waals surface area contributed by atoms with Gasteiger partial charge in [-0.25, -0.2) is 4.98 Å². The van der Waals surface area contributed by atoms with Crippen molar-refractivity contribution in [2.75, 3.05) is 13.7 Å². The van der Waals surface area contributed by atoms with Crippen molar-refractivity contribution in [3.8, 4) is 5.75 Å². The smallest absolute Gasteiger partial charge is 0.124 e. The largest absolute Gasteiger partial charge is 0.497 e. The standard InChI is InChI=1S/C16H23N3O/c1-11(2)9-17-10-16-18-14-8-13(20-3)6-7-15(14)19(16)12-4-5-12/h6-8,11-12,17H,4-5,9-10H2,1-3H3. The van der Waals surface area contributed by atoms with Crippen LogP contribution in [0.4, 0.5) is 0 Å². The van der Waals surface area contributed by atoms with E-state index in [2.05, 4.69) is 29.8 Å². The zero-order valence-electron chi connectivity index (χ0n) is 12.5. The minimum absolute atomic E-state index is 0.643. The maximum Gasteiger partial charge on any atom is 0.124 e. The Morgan fingerprint density at radius 2 is 2.20 bits per heavy atom. The normalized spacial score (nSPS) is 15.2. The first-order valence-electron chi connectivity index (χ1n) is 7.44. The van der Waals surface area contributed by atoms with Crippen molar-refractivity contribution in [3.05, 3.63) is 24.0 Å². The first-order valence-corrected chi connectivity index (χ1v) is 7.44. The van der Waals surface area contributed by atoms with Crippen LogP contribution < -0.4 is 10.1 Å². The number of nitrogens with zero attached hydrogens (tertiary/aromatic N) is 2. The molecule has 0 atom stereocenters. The third-order valence-corrected chi connectivity index (χ3v) is 3.72. The maximum atomic E-state index is 5.30. The lowest BCUT2D eigenvalue weighted by atomic mass is 10.2. The maximum absolute atomic E-state index is 5.30. The van der Waals surface area contributed by atoms with Gasteiger partial charge in [-0.05, 0) is 37.4 Å². The average molecular weight is 273 g/mol. The van der Waals surface area contributed by atoms with Gasteiger partial charge in [0, 0.05) is 12.1 Å². The van der Waals surface area contributed by atoms with E-state index in [1.807, 2.05) is 12.1 Å². The Morgan fingerprint density at radius 3 is 2.85 bits per heavy atom. The highest BCUT2D eigenvalue weighted by Gasteiger charge is 2.28. The summed E-state index contributed by atoms with van der Waals surface area (Å²) in [5.74, 6) is 2.69. The fourth-order valence-electron chi connectivity index (χ4n) is 2.59. The number of aromatic nitrogens is 2. The Kier molecular flexibility index (Phi) is 3.66. The first kappa shape index (κ1) is 13.4. The highest BCUT2D eigenvalue weighted by Crippen LogP contribution is 2.39. The van der Waals surface area contributed by atoms with E-state index in [9.17, 15) is 0 Å². The number of hydrogen-bond donors (Lipinski definition) is 1. The zero-order valence-corrected chi connectivity index (χ0v) is 12.5. The summed E-state index contributed by atoms with van der Waals surface area (Å²) >= 11 is 0. The van der Waals surface area contributed by atoms with Gasteiger partial charge < -0.3 is 14.6 Å². The summed E-state index contributed by atoms with van der Waals surface area (Å²) in [4.78, 5) is 4.80. The quantitative estimate of drug-likeness (QED) is 0.879. The summed E-state index contributed by atoms with van der Waals surface area (Å²) in [6.07, 6.45) is 2.54. The van der Waals surface area contributed by atoms with Gasteiger partial charge in [0.2, 0.25) is 0 Å². The van der Waals surface area contributed by atoms with E-state index in [1.165, 1.54) is 18.4 Å². The molecule has 1 heterocycles. The fraction of sp³-hybridized carbons (Fsp3) is 0.562. The number of benzene rings is 1. The van der Waals surface area contributed by atoms with Gasteiger partial charge >= 0.3 is 0 Å². The molecule has 1 aliphatic rings. The lowest BCUT2D eigenvalue weighted by Crippen LogP contribution is -2.21. The van der Waals surface area contributed by atoms with Gasteiger partial charge in [0.05, 0.1) is 24.7 Å². The number of imidazole rings is 1. The van der Waals surface area contributed by atoms with Gasteiger partial charge in [-0.2, -0.15) is 0 Å². The molecule has 4 heteroatoms. The van der Waals surface area contributed by atoms with Gasteiger partial charge in [0.25, 0.3) is 0 Å². The monoisotopic (exact) mass is 273 g/mol. The van der Waals surface area contributed by atoms with E-state index in [0.29, 0.717) is 12.0 Å². The Labute approximate surface area is 120 Å². The molecule has 1 aromatic carbocycles. The van der Waals surface area contributed by atoms with Gasteiger partial charge in [0.15, 0.2) is 0 Å². The molecule has 0 saturated heterocycles. The second kappa shape index (κ2) is 5.44. The van der Waals surface area contributed by atoms with Crippen LogP contribution in [0.1, 0.15) is 38.6 Å². The lowest BCUT2D eigenvalue weighted by molar-refractivity contribution is 0.415. The van der Waals surface area contributed by atoms with Crippen molar-refractivity contribution >= 4 is 11.0 Å².